The number of carbonyl (C=O) groups excluding carboxylic acids is 6. The summed E-state index contributed by atoms with van der Waals surface area (Å²) >= 11 is 19.0. The first-order valence-corrected chi connectivity index (χ1v) is 30.6. The summed E-state index contributed by atoms with van der Waals surface area (Å²) in [5.74, 6) is 10.0. The highest BCUT2D eigenvalue weighted by Crippen LogP contribution is 2.00. The minimum absolute atomic E-state index is 0.338. The third kappa shape index (κ3) is 73.6. The van der Waals surface area contributed by atoms with E-state index in [-0.39, 0.29) is 0 Å². The van der Waals surface area contributed by atoms with Crippen LogP contribution in [0.25, 0.3) is 0 Å². The second-order valence-electron chi connectivity index (χ2n) is 8.43. The molecule has 0 atom stereocenters. The van der Waals surface area contributed by atoms with Crippen molar-refractivity contribution >= 4 is 176 Å². The van der Waals surface area contributed by atoms with Crippen molar-refractivity contribution in [1.29, 1.82) is 0 Å². The molecule has 0 aliphatic carbocycles. The second-order valence-corrected chi connectivity index (χ2v) is 18.8. The molecule has 0 aromatic rings. The van der Waals surface area contributed by atoms with Crippen LogP contribution in [0.4, 0.5) is 0 Å². The Hall–Kier alpha value is 2.22. The van der Waals surface area contributed by atoms with Gasteiger partial charge in [0.2, 0.25) is 0 Å². The minimum atomic E-state index is 0.338. The fraction of sp³-hybridized carbons (Fsp3) is 0.800. The van der Waals surface area contributed by atoms with Crippen LogP contribution in [0.5, 0.6) is 0 Å². The van der Waals surface area contributed by atoms with Crippen molar-refractivity contribution in [2.45, 2.75) is 0 Å². The zero-order valence-electron chi connectivity index (χ0n) is 30.8. The van der Waals surface area contributed by atoms with E-state index in [4.69, 9.17) is 0 Å². The summed E-state index contributed by atoms with van der Waals surface area (Å²) in [7, 11) is 0. The number of Topliss-reactive ketones (excluding diaryl/α,β-unsaturated/α-hetero) is 6. The molecule has 0 radical (unpaired) electrons. The number of rotatable bonds is 24. The van der Waals surface area contributed by atoms with Crippen molar-refractivity contribution in [3.05, 3.63) is 0 Å². The quantitative estimate of drug-likeness (QED) is 0.0946. The van der Waals surface area contributed by atoms with E-state index in [0.717, 1.165) is 0 Å². The highest BCUT2D eigenvalue weighted by molar-refractivity contribution is 8.02. The van der Waals surface area contributed by atoms with Crippen molar-refractivity contribution in [2.75, 3.05) is 144 Å². The van der Waals surface area contributed by atoms with Gasteiger partial charge >= 0.3 is 0 Å². The Morgan fingerprint density at radius 2 is 0.271 bits per heavy atom. The van der Waals surface area contributed by atoms with Crippen molar-refractivity contribution in [3.8, 4) is 0 Å². The monoisotopic (exact) mass is 900 g/mol. The molecule has 0 heterocycles. The Morgan fingerprint density at radius 3 is 0.312 bits per heavy atom. The molecule has 288 valence electrons. The third-order valence-electron chi connectivity index (χ3n) is 3.66. The summed E-state index contributed by atoms with van der Waals surface area (Å²) in [6.45, 7) is 0. The molecular formula is C30H60O6S12. The Labute approximate surface area is 345 Å². The third-order valence-corrected chi connectivity index (χ3v) is 11.0. The summed E-state index contributed by atoms with van der Waals surface area (Å²) in [6, 6.07) is 0. The Balaban J connectivity index is -0.000000110. The predicted molar refractivity (Wildman–Crippen MR) is 251 cm³/mol. The number of thioether (sulfide) groups is 12. The van der Waals surface area contributed by atoms with Crippen molar-refractivity contribution in [1.82, 2.24) is 0 Å². The van der Waals surface area contributed by atoms with Crippen LogP contribution in [0.3, 0.4) is 0 Å². The van der Waals surface area contributed by atoms with Gasteiger partial charge in [0.05, 0.1) is 69.0 Å². The molecule has 0 fully saturated rings. The van der Waals surface area contributed by atoms with E-state index in [1.807, 2.05) is 75.1 Å². The van der Waals surface area contributed by atoms with Gasteiger partial charge in [-0.15, -0.1) is 0 Å². The molecule has 0 saturated carbocycles. The fourth-order valence-corrected chi connectivity index (χ4v) is 8.05. The molecule has 0 saturated heterocycles. The van der Waals surface area contributed by atoms with Gasteiger partial charge in [-0.25, -0.2) is 0 Å². The van der Waals surface area contributed by atoms with Gasteiger partial charge in [0.1, 0.15) is 0 Å². The van der Waals surface area contributed by atoms with Crippen molar-refractivity contribution in [3.63, 3.8) is 0 Å². The van der Waals surface area contributed by atoms with Gasteiger partial charge in [-0.3, -0.25) is 28.8 Å². The Bertz CT molecular complexity index is 544. The van der Waals surface area contributed by atoms with Crippen LogP contribution in [0, 0.1) is 0 Å². The second kappa shape index (κ2) is 58.5. The van der Waals surface area contributed by atoms with Crippen LogP contribution >= 0.6 is 141 Å². The SMILES string of the molecule is CSCC(=O)CSC.CSCC(=O)CSC.CSCC(=O)CSC.CSCC(=O)CSC.CSCC(=O)CSC.CSCC(=O)CSC. The lowest BCUT2D eigenvalue weighted by Crippen LogP contribution is -2.02. The first-order valence-electron chi connectivity index (χ1n) is 13.8. The van der Waals surface area contributed by atoms with E-state index in [9.17, 15) is 28.8 Å². The maximum absolute atomic E-state index is 10.6. The van der Waals surface area contributed by atoms with E-state index >= 15 is 0 Å². The molecule has 0 rings (SSSR count). The van der Waals surface area contributed by atoms with E-state index in [0.29, 0.717) is 104 Å². The summed E-state index contributed by atoms with van der Waals surface area (Å²) in [5.41, 5.74) is 0. The normalized spacial score (nSPS) is 9.25. The number of hydrogen-bond acceptors (Lipinski definition) is 18. The highest BCUT2D eigenvalue weighted by atomic mass is 32.2. The van der Waals surface area contributed by atoms with Gasteiger partial charge in [-0.2, -0.15) is 141 Å². The average Bonchev–Trinajstić information content (AvgIpc) is 3.01. The first kappa shape index (κ1) is 62.2. The van der Waals surface area contributed by atoms with E-state index in [1.165, 1.54) is 0 Å². The molecule has 18 heteroatoms. The van der Waals surface area contributed by atoms with E-state index < -0.39 is 0 Å². The lowest BCUT2D eigenvalue weighted by Gasteiger charge is -1.91. The summed E-state index contributed by atoms with van der Waals surface area (Å²) in [5, 5.41) is 0. The zero-order valence-corrected chi connectivity index (χ0v) is 40.6. The minimum Gasteiger partial charge on any atom is -0.298 e. The highest BCUT2D eigenvalue weighted by Gasteiger charge is 1.99. The molecular weight excluding hydrogens is 841 g/mol. The van der Waals surface area contributed by atoms with Gasteiger partial charge in [-0.1, -0.05) is 0 Å². The molecule has 0 aliphatic rings. The molecule has 0 bridgehead atoms. The molecule has 0 amide bonds. The zero-order chi connectivity index (χ0) is 38.4. The summed E-state index contributed by atoms with van der Waals surface area (Å²) in [4.78, 5) is 63.6. The van der Waals surface area contributed by atoms with Crippen LogP contribution < -0.4 is 0 Å². The standard InChI is InChI=1S/6C5H10OS2/c6*1-7-3-5(6)4-8-2/h6*3-4H2,1-2H3. The van der Waals surface area contributed by atoms with Crippen LogP contribution in [-0.2, 0) is 28.8 Å². The Kier molecular flexibility index (Phi) is 75.9. The maximum Gasteiger partial charge on any atom is 0.152 e. The number of hydrogen-bond donors (Lipinski definition) is 0. The topological polar surface area (TPSA) is 102 Å². The van der Waals surface area contributed by atoms with Crippen LogP contribution in [0.2, 0.25) is 0 Å². The predicted octanol–water partition coefficient (Wildman–Crippen LogP) is 7.69. The number of carbonyl (C=O) groups is 6. The van der Waals surface area contributed by atoms with Gasteiger partial charge in [0.15, 0.2) is 34.7 Å². The largest absolute Gasteiger partial charge is 0.298 e. The average molecular weight is 902 g/mol. The lowest BCUT2D eigenvalue weighted by atomic mass is 10.5. The first-order chi connectivity index (χ1) is 22.8. The smallest absolute Gasteiger partial charge is 0.152 e. The summed E-state index contributed by atoms with van der Waals surface area (Å²) < 4.78 is 0. The number of ketones is 6. The molecule has 0 aliphatic heterocycles. The fourth-order valence-electron chi connectivity index (χ4n) is 2.18. The molecule has 0 unspecified atom stereocenters. The van der Waals surface area contributed by atoms with Gasteiger partial charge in [0, 0.05) is 0 Å². The van der Waals surface area contributed by atoms with Crippen molar-refractivity contribution < 1.29 is 28.8 Å². The Morgan fingerprint density at radius 1 is 0.208 bits per heavy atom. The van der Waals surface area contributed by atoms with E-state index in [2.05, 4.69) is 0 Å². The lowest BCUT2D eigenvalue weighted by molar-refractivity contribution is -0.115. The van der Waals surface area contributed by atoms with Crippen LogP contribution in [-0.4, -0.2) is 179 Å². The summed E-state index contributed by atoms with van der Waals surface area (Å²) in [6.07, 6.45) is 23.3. The van der Waals surface area contributed by atoms with E-state index in [1.54, 1.807) is 141 Å². The molecule has 6 nitrogen and oxygen atoms in total. The molecule has 48 heavy (non-hydrogen) atoms. The van der Waals surface area contributed by atoms with Crippen molar-refractivity contribution in [2.24, 2.45) is 0 Å². The molecule has 0 aromatic carbocycles. The van der Waals surface area contributed by atoms with Gasteiger partial charge in [-0.05, 0) is 75.1 Å². The van der Waals surface area contributed by atoms with Gasteiger partial charge < -0.3 is 0 Å². The molecule has 0 aromatic heterocycles. The molecule has 0 spiro atoms. The van der Waals surface area contributed by atoms with Crippen LogP contribution in [0.1, 0.15) is 0 Å². The maximum atomic E-state index is 10.6. The molecule has 0 N–H and O–H groups in total. The van der Waals surface area contributed by atoms with Gasteiger partial charge in [0.25, 0.3) is 0 Å². The van der Waals surface area contributed by atoms with Crippen LogP contribution in [0.15, 0.2) is 0 Å².